The molecule has 2 fully saturated rings. The standard InChI is InChI=1S/C26H34N4O2/c1-18-5-3-7-20(13-18)25(32)28-15-24(31)29-22-16-30(17-22)23-9-11-26(27,12-10-23)21-8-4-6-19(2)14-21/h3-8,13-14,22-23H,9-12,15-17,27H2,1-2H3,(H,28,32)(H,29,31). The molecule has 0 bridgehead atoms. The van der Waals surface area contributed by atoms with Crippen molar-refractivity contribution in [3.05, 3.63) is 70.8 Å². The number of hydrogen-bond acceptors (Lipinski definition) is 4. The summed E-state index contributed by atoms with van der Waals surface area (Å²) in [5.41, 5.74) is 10.6. The summed E-state index contributed by atoms with van der Waals surface area (Å²) in [5.74, 6) is -0.361. The van der Waals surface area contributed by atoms with Crippen molar-refractivity contribution in [2.24, 2.45) is 5.73 Å². The molecule has 4 rings (SSSR count). The fourth-order valence-electron chi connectivity index (χ4n) is 4.96. The van der Waals surface area contributed by atoms with Crippen molar-refractivity contribution in [3.8, 4) is 0 Å². The minimum Gasteiger partial charge on any atom is -0.349 e. The topological polar surface area (TPSA) is 87.5 Å². The molecular weight excluding hydrogens is 400 g/mol. The van der Waals surface area contributed by atoms with Gasteiger partial charge in [0.15, 0.2) is 0 Å². The van der Waals surface area contributed by atoms with Gasteiger partial charge in [-0.25, -0.2) is 0 Å². The van der Waals surface area contributed by atoms with Gasteiger partial charge in [0.1, 0.15) is 0 Å². The fourth-order valence-corrected chi connectivity index (χ4v) is 4.96. The third-order valence-corrected chi connectivity index (χ3v) is 6.92. The van der Waals surface area contributed by atoms with E-state index in [1.54, 1.807) is 6.07 Å². The van der Waals surface area contributed by atoms with Crippen LogP contribution in [0.1, 0.15) is 52.7 Å². The molecule has 2 aromatic carbocycles. The van der Waals surface area contributed by atoms with E-state index in [1.165, 1.54) is 11.1 Å². The van der Waals surface area contributed by atoms with E-state index < -0.39 is 0 Å². The zero-order chi connectivity index (χ0) is 22.7. The third-order valence-electron chi connectivity index (χ3n) is 6.92. The van der Waals surface area contributed by atoms with Crippen LogP contribution in [0.25, 0.3) is 0 Å². The molecule has 2 aliphatic rings. The van der Waals surface area contributed by atoms with Gasteiger partial charge in [0.25, 0.3) is 5.91 Å². The van der Waals surface area contributed by atoms with Crippen molar-refractivity contribution in [1.29, 1.82) is 0 Å². The van der Waals surface area contributed by atoms with Crippen LogP contribution in [0.2, 0.25) is 0 Å². The van der Waals surface area contributed by atoms with E-state index >= 15 is 0 Å². The second-order valence-electron chi connectivity index (χ2n) is 9.53. The van der Waals surface area contributed by atoms with Crippen LogP contribution < -0.4 is 16.4 Å². The lowest BCUT2D eigenvalue weighted by atomic mass is 9.74. The number of likely N-dealkylation sites (tertiary alicyclic amines) is 1. The molecule has 170 valence electrons. The normalized spacial score (nSPS) is 23.9. The molecule has 0 spiro atoms. The summed E-state index contributed by atoms with van der Waals surface area (Å²) in [7, 11) is 0. The maximum Gasteiger partial charge on any atom is 0.251 e. The molecule has 2 amide bonds. The summed E-state index contributed by atoms with van der Waals surface area (Å²) in [4.78, 5) is 26.9. The summed E-state index contributed by atoms with van der Waals surface area (Å²) >= 11 is 0. The molecule has 1 aliphatic heterocycles. The highest BCUT2D eigenvalue weighted by atomic mass is 16.2. The summed E-state index contributed by atoms with van der Waals surface area (Å²) in [6, 6.07) is 16.6. The van der Waals surface area contributed by atoms with Gasteiger partial charge in [0.05, 0.1) is 12.6 Å². The second-order valence-corrected chi connectivity index (χ2v) is 9.53. The third kappa shape index (κ3) is 5.19. The number of aryl methyl sites for hydroxylation is 2. The zero-order valence-electron chi connectivity index (χ0n) is 19.1. The van der Waals surface area contributed by atoms with Crippen molar-refractivity contribution >= 4 is 11.8 Å². The number of rotatable bonds is 6. The molecule has 0 unspecified atom stereocenters. The number of amides is 2. The van der Waals surface area contributed by atoms with Gasteiger partial charge in [-0.1, -0.05) is 47.5 Å². The van der Waals surface area contributed by atoms with Gasteiger partial charge in [0.2, 0.25) is 5.91 Å². The Kier molecular flexibility index (Phi) is 6.63. The van der Waals surface area contributed by atoms with E-state index in [0.29, 0.717) is 11.6 Å². The fraction of sp³-hybridized carbons (Fsp3) is 0.462. The highest BCUT2D eigenvalue weighted by Gasteiger charge is 2.39. The molecule has 6 nitrogen and oxygen atoms in total. The molecule has 32 heavy (non-hydrogen) atoms. The van der Waals surface area contributed by atoms with Crippen molar-refractivity contribution < 1.29 is 9.59 Å². The van der Waals surface area contributed by atoms with Crippen LogP contribution in [0.4, 0.5) is 0 Å². The minimum absolute atomic E-state index is 0.00110. The summed E-state index contributed by atoms with van der Waals surface area (Å²) in [6.07, 6.45) is 4.13. The van der Waals surface area contributed by atoms with Crippen molar-refractivity contribution in [1.82, 2.24) is 15.5 Å². The first kappa shape index (κ1) is 22.5. The monoisotopic (exact) mass is 434 g/mol. The van der Waals surface area contributed by atoms with Crippen LogP contribution in [-0.4, -0.2) is 48.4 Å². The Labute approximate surface area is 190 Å². The number of nitrogens with two attached hydrogens (primary N) is 1. The predicted molar refractivity (Wildman–Crippen MR) is 126 cm³/mol. The lowest BCUT2D eigenvalue weighted by molar-refractivity contribution is -0.122. The lowest BCUT2D eigenvalue weighted by Crippen LogP contribution is -2.63. The highest BCUT2D eigenvalue weighted by molar-refractivity contribution is 5.96. The molecule has 0 aromatic heterocycles. The molecule has 6 heteroatoms. The van der Waals surface area contributed by atoms with Gasteiger partial charge >= 0.3 is 0 Å². The van der Waals surface area contributed by atoms with Crippen molar-refractivity contribution in [2.45, 2.75) is 57.2 Å². The maximum atomic E-state index is 12.2. The van der Waals surface area contributed by atoms with Gasteiger partial charge < -0.3 is 16.4 Å². The van der Waals surface area contributed by atoms with E-state index in [2.05, 4.69) is 46.7 Å². The number of nitrogens with one attached hydrogen (secondary N) is 2. The molecule has 1 saturated carbocycles. The van der Waals surface area contributed by atoms with Crippen LogP contribution in [0.3, 0.4) is 0 Å². The van der Waals surface area contributed by atoms with Gasteiger partial charge in [-0.2, -0.15) is 0 Å². The number of carbonyl (C=O) groups is 2. The first-order chi connectivity index (χ1) is 15.3. The predicted octanol–water partition coefficient (Wildman–Crippen LogP) is 2.63. The molecule has 1 saturated heterocycles. The van der Waals surface area contributed by atoms with Crippen LogP contribution in [0.15, 0.2) is 48.5 Å². The number of nitrogens with zero attached hydrogens (tertiary/aromatic N) is 1. The van der Waals surface area contributed by atoms with Crippen molar-refractivity contribution in [2.75, 3.05) is 19.6 Å². The number of hydrogen-bond donors (Lipinski definition) is 3. The van der Waals surface area contributed by atoms with E-state index in [-0.39, 0.29) is 29.9 Å². The quantitative estimate of drug-likeness (QED) is 0.652. The Balaban J connectivity index is 1.17. The van der Waals surface area contributed by atoms with Crippen LogP contribution in [-0.2, 0) is 10.3 Å². The summed E-state index contributed by atoms with van der Waals surface area (Å²) in [6.45, 7) is 5.78. The average molecular weight is 435 g/mol. The van der Waals surface area contributed by atoms with Crippen LogP contribution in [0, 0.1) is 13.8 Å². The van der Waals surface area contributed by atoms with Gasteiger partial charge in [-0.05, 0) is 57.2 Å². The van der Waals surface area contributed by atoms with Gasteiger partial charge in [-0.3, -0.25) is 14.5 Å². The largest absolute Gasteiger partial charge is 0.349 e. The minimum atomic E-state index is -0.226. The SMILES string of the molecule is Cc1cccc(C(=O)NCC(=O)NC2CN(C3CCC(N)(c4cccc(C)c4)CC3)C2)c1. The van der Waals surface area contributed by atoms with Crippen LogP contribution >= 0.6 is 0 Å². The van der Waals surface area contributed by atoms with Crippen LogP contribution in [0.5, 0.6) is 0 Å². The van der Waals surface area contributed by atoms with E-state index in [0.717, 1.165) is 44.3 Å². The van der Waals surface area contributed by atoms with Gasteiger partial charge in [0, 0.05) is 30.2 Å². The molecule has 4 N–H and O–H groups in total. The first-order valence-electron chi connectivity index (χ1n) is 11.6. The lowest BCUT2D eigenvalue weighted by Gasteiger charge is -2.48. The van der Waals surface area contributed by atoms with Gasteiger partial charge in [-0.15, -0.1) is 0 Å². The Bertz CT molecular complexity index is 975. The Hall–Kier alpha value is -2.70. The molecule has 1 heterocycles. The maximum absolute atomic E-state index is 12.2. The first-order valence-corrected chi connectivity index (χ1v) is 11.6. The molecule has 0 atom stereocenters. The second kappa shape index (κ2) is 9.43. The number of carbonyl (C=O) groups excluding carboxylic acids is 2. The average Bonchev–Trinajstić information content (AvgIpc) is 2.75. The van der Waals surface area contributed by atoms with E-state index in [9.17, 15) is 9.59 Å². The van der Waals surface area contributed by atoms with E-state index in [1.807, 2.05) is 25.1 Å². The summed E-state index contributed by atoms with van der Waals surface area (Å²) in [5, 5.41) is 5.74. The molecule has 2 aromatic rings. The van der Waals surface area contributed by atoms with E-state index in [4.69, 9.17) is 5.73 Å². The Morgan fingerprint density at radius 1 is 1.03 bits per heavy atom. The Morgan fingerprint density at radius 2 is 1.69 bits per heavy atom. The van der Waals surface area contributed by atoms with Crippen molar-refractivity contribution in [3.63, 3.8) is 0 Å². The zero-order valence-corrected chi connectivity index (χ0v) is 19.1. The Morgan fingerprint density at radius 3 is 2.34 bits per heavy atom. The number of benzene rings is 2. The summed E-state index contributed by atoms with van der Waals surface area (Å²) < 4.78 is 0. The molecule has 0 radical (unpaired) electrons. The smallest absolute Gasteiger partial charge is 0.251 e. The molecular formula is C26H34N4O2. The highest BCUT2D eigenvalue weighted by Crippen LogP contribution is 2.37. The molecule has 1 aliphatic carbocycles.